The van der Waals surface area contributed by atoms with Gasteiger partial charge in [-0.3, -0.25) is 14.4 Å². The number of aliphatic hydroxyl groups is 2. The van der Waals surface area contributed by atoms with Gasteiger partial charge in [0.1, 0.15) is 6.10 Å². The molecule has 0 unspecified atom stereocenters. The number of rotatable bonds is 4. The maximum absolute atomic E-state index is 11.2. The Morgan fingerprint density at radius 1 is 0.905 bits per heavy atom. The van der Waals surface area contributed by atoms with Crippen LogP contribution in [-0.2, 0) is 33.3 Å². The molecule has 0 spiro atoms. The van der Waals surface area contributed by atoms with Crippen molar-refractivity contribution in [2.75, 3.05) is 6.61 Å². The van der Waals surface area contributed by atoms with E-state index < -0.39 is 55.2 Å². The number of hydrogen-bond donors (Lipinski definition) is 2. The molecule has 1 heterocycles. The summed E-state index contributed by atoms with van der Waals surface area (Å²) in [5.74, 6) is -2.19. The van der Waals surface area contributed by atoms with Crippen molar-refractivity contribution in [2.45, 2.75) is 51.5 Å². The monoisotopic (exact) mass is 306 g/mol. The molecule has 2 N–H and O–H groups in total. The van der Waals surface area contributed by atoms with Crippen molar-refractivity contribution in [1.29, 1.82) is 0 Å². The first-order chi connectivity index (χ1) is 9.76. The fourth-order valence-electron chi connectivity index (χ4n) is 2.02. The highest BCUT2D eigenvalue weighted by molar-refractivity contribution is 5.68. The Labute approximate surface area is 120 Å². The fourth-order valence-corrected chi connectivity index (χ4v) is 2.02. The van der Waals surface area contributed by atoms with Crippen molar-refractivity contribution >= 4 is 17.9 Å². The molecular weight excluding hydrogens is 288 g/mol. The van der Waals surface area contributed by atoms with Crippen molar-refractivity contribution in [3.8, 4) is 0 Å². The van der Waals surface area contributed by atoms with E-state index in [2.05, 4.69) is 0 Å². The zero-order chi connectivity index (χ0) is 16.2. The quantitative estimate of drug-likeness (QED) is 0.470. The zero-order valence-corrected chi connectivity index (χ0v) is 11.8. The van der Waals surface area contributed by atoms with E-state index in [0.717, 1.165) is 20.8 Å². The van der Waals surface area contributed by atoms with E-state index in [-0.39, 0.29) is 0 Å². The molecule has 21 heavy (non-hydrogen) atoms. The van der Waals surface area contributed by atoms with E-state index in [1.165, 1.54) is 0 Å². The highest BCUT2D eigenvalue weighted by atomic mass is 16.7. The molecule has 1 aliphatic rings. The average Bonchev–Trinajstić information content (AvgIpc) is 2.35. The van der Waals surface area contributed by atoms with Crippen LogP contribution < -0.4 is 0 Å². The molecule has 9 nitrogen and oxygen atoms in total. The summed E-state index contributed by atoms with van der Waals surface area (Å²) in [5, 5.41) is 19.0. The molecule has 9 heteroatoms. The lowest BCUT2D eigenvalue weighted by Gasteiger charge is -2.42. The van der Waals surface area contributed by atoms with Crippen LogP contribution in [-0.4, -0.2) is 65.4 Å². The van der Waals surface area contributed by atoms with Gasteiger partial charge in [-0.15, -0.1) is 0 Å². The van der Waals surface area contributed by atoms with Crippen molar-refractivity contribution < 1.29 is 43.5 Å². The lowest BCUT2D eigenvalue weighted by atomic mass is 9.98. The molecule has 120 valence electrons. The topological polar surface area (TPSA) is 129 Å². The summed E-state index contributed by atoms with van der Waals surface area (Å²) < 4.78 is 19.8. The van der Waals surface area contributed by atoms with Gasteiger partial charge in [-0.05, 0) is 0 Å². The Kier molecular flexibility index (Phi) is 6.06. The van der Waals surface area contributed by atoms with Crippen LogP contribution in [0.1, 0.15) is 20.8 Å². The Hall–Kier alpha value is -1.71. The lowest BCUT2D eigenvalue weighted by molar-refractivity contribution is -0.295. The first-order valence-electron chi connectivity index (χ1n) is 6.22. The maximum atomic E-state index is 11.2. The van der Waals surface area contributed by atoms with Gasteiger partial charge >= 0.3 is 17.9 Å². The molecule has 0 bridgehead atoms. The Morgan fingerprint density at radius 2 is 1.33 bits per heavy atom. The molecule has 1 fully saturated rings. The van der Waals surface area contributed by atoms with Crippen LogP contribution >= 0.6 is 0 Å². The molecule has 0 amide bonds. The third kappa shape index (κ3) is 4.66. The highest BCUT2D eigenvalue weighted by Crippen LogP contribution is 2.27. The third-order valence-electron chi connectivity index (χ3n) is 2.70. The standard InChI is InChI=1S/C12H18O9/c1-5(14)18-9-8(4-13)21-12(17)11(20-7(3)16)10(9)19-6(2)15/h8-13,17H,4H2,1-3H3/t8-,9-,10+,11+,12+/m0/s1. The number of aliphatic hydroxyl groups excluding tert-OH is 2. The summed E-state index contributed by atoms with van der Waals surface area (Å²) >= 11 is 0. The predicted octanol–water partition coefficient (Wildman–Crippen LogP) is -1.51. The molecule has 0 aliphatic carbocycles. The summed E-state index contributed by atoms with van der Waals surface area (Å²) in [6.07, 6.45) is -6.65. The van der Waals surface area contributed by atoms with Gasteiger partial charge in [-0.2, -0.15) is 0 Å². The molecule has 1 rings (SSSR count). The van der Waals surface area contributed by atoms with Gasteiger partial charge in [-0.1, -0.05) is 0 Å². The van der Waals surface area contributed by atoms with Crippen LogP contribution in [0.15, 0.2) is 0 Å². The highest BCUT2D eigenvalue weighted by Gasteiger charge is 2.51. The Morgan fingerprint density at radius 3 is 1.76 bits per heavy atom. The number of ether oxygens (including phenoxy) is 4. The number of hydrogen-bond acceptors (Lipinski definition) is 9. The van der Waals surface area contributed by atoms with E-state index in [1.54, 1.807) is 0 Å². The van der Waals surface area contributed by atoms with Gasteiger partial charge in [0, 0.05) is 20.8 Å². The average molecular weight is 306 g/mol. The smallest absolute Gasteiger partial charge is 0.303 e. The van der Waals surface area contributed by atoms with Crippen LogP contribution in [0.3, 0.4) is 0 Å². The van der Waals surface area contributed by atoms with Crippen molar-refractivity contribution in [3.63, 3.8) is 0 Å². The van der Waals surface area contributed by atoms with Crippen molar-refractivity contribution in [1.82, 2.24) is 0 Å². The van der Waals surface area contributed by atoms with Crippen LogP contribution in [0.5, 0.6) is 0 Å². The van der Waals surface area contributed by atoms with E-state index in [1.807, 2.05) is 0 Å². The molecule has 0 saturated carbocycles. The Bertz CT molecular complexity index is 408. The predicted molar refractivity (Wildman–Crippen MR) is 64.6 cm³/mol. The molecule has 0 radical (unpaired) electrons. The molecule has 5 atom stereocenters. The number of esters is 3. The first-order valence-corrected chi connectivity index (χ1v) is 6.22. The first kappa shape index (κ1) is 17.3. The second-order valence-electron chi connectivity index (χ2n) is 4.47. The minimum Gasteiger partial charge on any atom is -0.456 e. The van der Waals surface area contributed by atoms with Gasteiger partial charge in [0.2, 0.25) is 0 Å². The summed E-state index contributed by atoms with van der Waals surface area (Å²) in [6.45, 7) is 2.71. The van der Waals surface area contributed by atoms with Crippen LogP contribution in [0.4, 0.5) is 0 Å². The maximum Gasteiger partial charge on any atom is 0.303 e. The van der Waals surface area contributed by atoms with Crippen molar-refractivity contribution in [3.05, 3.63) is 0 Å². The molecular formula is C12H18O9. The van der Waals surface area contributed by atoms with Crippen LogP contribution in [0.25, 0.3) is 0 Å². The molecule has 0 aromatic carbocycles. The SMILES string of the molecule is CC(=O)O[C@H]1[C@@H](OC(C)=O)[C@H](O)O[C@@H](CO)[C@@H]1OC(C)=O. The van der Waals surface area contributed by atoms with Crippen LogP contribution in [0, 0.1) is 0 Å². The van der Waals surface area contributed by atoms with E-state index >= 15 is 0 Å². The summed E-state index contributed by atoms with van der Waals surface area (Å²) in [6, 6.07) is 0. The molecule has 0 aromatic heterocycles. The van der Waals surface area contributed by atoms with Gasteiger partial charge < -0.3 is 29.2 Å². The summed E-state index contributed by atoms with van der Waals surface area (Å²) in [4.78, 5) is 33.4. The van der Waals surface area contributed by atoms with Gasteiger partial charge in [0.25, 0.3) is 0 Å². The second-order valence-corrected chi connectivity index (χ2v) is 4.47. The van der Waals surface area contributed by atoms with Gasteiger partial charge in [-0.25, -0.2) is 0 Å². The van der Waals surface area contributed by atoms with Crippen molar-refractivity contribution in [2.24, 2.45) is 0 Å². The van der Waals surface area contributed by atoms with E-state index in [0.29, 0.717) is 0 Å². The Balaban J connectivity index is 3.08. The number of carbonyl (C=O) groups excluding carboxylic acids is 3. The zero-order valence-electron chi connectivity index (χ0n) is 11.8. The number of carbonyl (C=O) groups is 3. The molecule has 1 aliphatic heterocycles. The largest absolute Gasteiger partial charge is 0.456 e. The third-order valence-corrected chi connectivity index (χ3v) is 2.70. The normalized spacial score (nSPS) is 32.1. The van der Waals surface area contributed by atoms with E-state index in [9.17, 15) is 24.6 Å². The summed E-state index contributed by atoms with van der Waals surface area (Å²) in [7, 11) is 0. The molecule has 0 aromatic rings. The van der Waals surface area contributed by atoms with Gasteiger partial charge in [0.05, 0.1) is 6.61 Å². The second kappa shape index (κ2) is 7.34. The minimum atomic E-state index is -1.64. The van der Waals surface area contributed by atoms with E-state index in [4.69, 9.17) is 18.9 Å². The lowest BCUT2D eigenvalue weighted by Crippen LogP contribution is -2.62. The summed E-state index contributed by atoms with van der Waals surface area (Å²) in [5.41, 5.74) is 0. The fraction of sp³-hybridized carbons (Fsp3) is 0.750. The minimum absolute atomic E-state index is 0.598. The molecule has 1 saturated heterocycles. The van der Waals surface area contributed by atoms with Gasteiger partial charge in [0.15, 0.2) is 24.6 Å². The van der Waals surface area contributed by atoms with Crippen LogP contribution in [0.2, 0.25) is 0 Å².